The van der Waals surface area contributed by atoms with Gasteiger partial charge in [0, 0.05) is 29.3 Å². The lowest BCUT2D eigenvalue weighted by atomic mass is 10.1. The van der Waals surface area contributed by atoms with Crippen LogP contribution in [-0.2, 0) is 7.05 Å². The molecule has 1 aromatic heterocycles. The van der Waals surface area contributed by atoms with Gasteiger partial charge < -0.3 is 0 Å². The van der Waals surface area contributed by atoms with Crippen molar-refractivity contribution in [2.75, 3.05) is 5.75 Å². The molecule has 19 heavy (non-hydrogen) atoms. The van der Waals surface area contributed by atoms with Crippen LogP contribution < -0.4 is 0 Å². The zero-order valence-electron chi connectivity index (χ0n) is 10.5. The van der Waals surface area contributed by atoms with Crippen LogP contribution in [0.25, 0.3) is 0 Å². The fraction of sp³-hybridized carbons (Fsp3) is 0.308. The number of hydrogen-bond acceptors (Lipinski definition) is 4. The van der Waals surface area contributed by atoms with Gasteiger partial charge in [-0.3, -0.25) is 4.79 Å². The number of nitrogens with zero attached hydrogens (tertiary/aromatic N) is 3. The molecule has 0 bridgehead atoms. The number of rotatable bonds is 6. The number of thioether (sulfide) groups is 1. The normalized spacial score (nSPS) is 10.6. The first-order valence-corrected chi connectivity index (χ1v) is 7.70. The molecule has 0 unspecified atom stereocenters. The summed E-state index contributed by atoms with van der Waals surface area (Å²) in [5.41, 5.74) is 0.770. The van der Waals surface area contributed by atoms with E-state index in [-0.39, 0.29) is 5.78 Å². The minimum absolute atomic E-state index is 0.186. The first kappa shape index (κ1) is 14.3. The molecule has 0 aliphatic heterocycles. The monoisotopic (exact) mass is 339 g/mol. The molecule has 2 rings (SSSR count). The van der Waals surface area contributed by atoms with Crippen molar-refractivity contribution >= 4 is 33.5 Å². The third-order valence-corrected chi connectivity index (χ3v) is 4.26. The van der Waals surface area contributed by atoms with E-state index in [2.05, 4.69) is 26.0 Å². The Morgan fingerprint density at radius 2 is 2.11 bits per heavy atom. The third kappa shape index (κ3) is 4.18. The van der Waals surface area contributed by atoms with E-state index in [4.69, 9.17) is 0 Å². The zero-order valence-corrected chi connectivity index (χ0v) is 12.9. The van der Waals surface area contributed by atoms with Gasteiger partial charge in [0.25, 0.3) is 0 Å². The van der Waals surface area contributed by atoms with Crippen LogP contribution in [0.15, 0.2) is 40.2 Å². The molecule has 0 saturated heterocycles. The molecule has 1 heterocycles. The second kappa shape index (κ2) is 6.86. The van der Waals surface area contributed by atoms with Gasteiger partial charge in [-0.15, -0.1) is 0 Å². The van der Waals surface area contributed by atoms with Crippen molar-refractivity contribution < 1.29 is 4.79 Å². The van der Waals surface area contributed by atoms with Crippen LogP contribution in [0, 0.1) is 0 Å². The summed E-state index contributed by atoms with van der Waals surface area (Å²) in [5, 5.41) is 4.88. The van der Waals surface area contributed by atoms with Crippen LogP contribution in [0.1, 0.15) is 23.2 Å². The molecule has 0 aliphatic carbocycles. The summed E-state index contributed by atoms with van der Waals surface area (Å²) >= 11 is 4.98. The molecule has 0 N–H and O–H groups in total. The minimum atomic E-state index is 0.186. The molecule has 1 aromatic carbocycles. The second-order valence-corrected chi connectivity index (χ2v) is 6.03. The van der Waals surface area contributed by atoms with Crippen molar-refractivity contribution in [3.63, 3.8) is 0 Å². The lowest BCUT2D eigenvalue weighted by Gasteiger charge is -2.02. The highest BCUT2D eigenvalue weighted by Gasteiger charge is 2.06. The number of hydrogen-bond donors (Lipinski definition) is 0. The Labute approximate surface area is 124 Å². The fourth-order valence-corrected chi connectivity index (χ4v) is 2.68. The molecule has 0 saturated carbocycles. The van der Waals surface area contributed by atoms with Gasteiger partial charge in [-0.25, -0.2) is 9.67 Å². The number of benzene rings is 1. The number of carbonyl (C=O) groups excluding carboxylic acids is 1. The van der Waals surface area contributed by atoms with Gasteiger partial charge in [-0.2, -0.15) is 5.10 Å². The molecule has 0 radical (unpaired) electrons. The van der Waals surface area contributed by atoms with Crippen LogP contribution in [0.2, 0.25) is 0 Å². The van der Waals surface area contributed by atoms with Gasteiger partial charge in [0.1, 0.15) is 6.33 Å². The zero-order chi connectivity index (χ0) is 13.7. The molecule has 0 amide bonds. The van der Waals surface area contributed by atoms with E-state index in [0.29, 0.717) is 6.42 Å². The van der Waals surface area contributed by atoms with E-state index in [0.717, 1.165) is 27.4 Å². The molecule has 0 aliphatic rings. The van der Waals surface area contributed by atoms with Crippen LogP contribution in [0.5, 0.6) is 0 Å². The summed E-state index contributed by atoms with van der Waals surface area (Å²) in [6.07, 6.45) is 2.94. The Morgan fingerprint density at radius 3 is 2.74 bits per heavy atom. The molecule has 0 spiro atoms. The van der Waals surface area contributed by atoms with Gasteiger partial charge in [-0.05, 0) is 18.6 Å². The largest absolute Gasteiger partial charge is 0.294 e. The number of ketones is 1. The predicted molar refractivity (Wildman–Crippen MR) is 79.4 cm³/mol. The van der Waals surface area contributed by atoms with Crippen LogP contribution in [-0.4, -0.2) is 26.3 Å². The molecule has 100 valence electrons. The Hall–Kier alpha value is -1.14. The van der Waals surface area contributed by atoms with Crippen molar-refractivity contribution in [2.45, 2.75) is 18.0 Å². The topological polar surface area (TPSA) is 47.8 Å². The highest BCUT2D eigenvalue weighted by Crippen LogP contribution is 2.17. The molecule has 0 atom stereocenters. The van der Waals surface area contributed by atoms with E-state index in [1.54, 1.807) is 16.4 Å². The van der Waals surface area contributed by atoms with Crippen LogP contribution in [0.3, 0.4) is 0 Å². The second-order valence-electron chi connectivity index (χ2n) is 4.05. The van der Waals surface area contributed by atoms with Crippen molar-refractivity contribution in [1.29, 1.82) is 0 Å². The molecule has 4 nitrogen and oxygen atoms in total. The average Bonchev–Trinajstić information content (AvgIpc) is 2.81. The van der Waals surface area contributed by atoms with Gasteiger partial charge in [0.2, 0.25) is 0 Å². The van der Waals surface area contributed by atoms with E-state index in [9.17, 15) is 4.79 Å². The van der Waals surface area contributed by atoms with E-state index >= 15 is 0 Å². The summed E-state index contributed by atoms with van der Waals surface area (Å²) in [6, 6.07) is 7.48. The van der Waals surface area contributed by atoms with Gasteiger partial charge >= 0.3 is 0 Å². The maximum Gasteiger partial charge on any atom is 0.185 e. The fourth-order valence-electron chi connectivity index (χ4n) is 1.59. The van der Waals surface area contributed by atoms with Gasteiger partial charge in [0.15, 0.2) is 10.9 Å². The van der Waals surface area contributed by atoms with Crippen LogP contribution >= 0.6 is 27.7 Å². The number of aromatic nitrogens is 3. The first-order valence-electron chi connectivity index (χ1n) is 5.92. The van der Waals surface area contributed by atoms with Crippen molar-refractivity contribution in [2.24, 2.45) is 7.05 Å². The molecular formula is C13H14BrN3OS. The van der Waals surface area contributed by atoms with E-state index in [1.807, 2.05) is 31.3 Å². The lowest BCUT2D eigenvalue weighted by molar-refractivity contribution is 0.0982. The molecule has 0 fully saturated rings. The molecule has 6 heteroatoms. The SMILES string of the molecule is Cn1ncnc1SCCCC(=O)c1ccc(Br)cc1. The van der Waals surface area contributed by atoms with Crippen molar-refractivity contribution in [1.82, 2.24) is 14.8 Å². The number of carbonyl (C=O) groups is 1. The highest BCUT2D eigenvalue weighted by atomic mass is 79.9. The predicted octanol–water partition coefficient (Wildman–Crippen LogP) is 3.33. The number of Topliss-reactive ketones (excluding diaryl/α,β-unsaturated/α-hetero) is 1. The van der Waals surface area contributed by atoms with Crippen molar-refractivity contribution in [3.8, 4) is 0 Å². The summed E-state index contributed by atoms with van der Waals surface area (Å²) in [7, 11) is 1.86. The van der Waals surface area contributed by atoms with E-state index in [1.165, 1.54) is 6.33 Å². The average molecular weight is 340 g/mol. The highest BCUT2D eigenvalue weighted by molar-refractivity contribution is 9.10. The standard InChI is InChI=1S/C13H14BrN3OS/c1-17-13(15-9-16-17)19-8-2-3-12(18)10-4-6-11(14)7-5-10/h4-7,9H,2-3,8H2,1H3. The first-order chi connectivity index (χ1) is 9.16. The van der Waals surface area contributed by atoms with Gasteiger partial charge in [0.05, 0.1) is 0 Å². The Balaban J connectivity index is 1.75. The Bertz CT molecular complexity index is 553. The van der Waals surface area contributed by atoms with Gasteiger partial charge in [-0.1, -0.05) is 39.8 Å². The lowest BCUT2D eigenvalue weighted by Crippen LogP contribution is -2.00. The smallest absolute Gasteiger partial charge is 0.185 e. The minimum Gasteiger partial charge on any atom is -0.294 e. The molecular weight excluding hydrogens is 326 g/mol. The summed E-state index contributed by atoms with van der Waals surface area (Å²) < 4.78 is 2.73. The summed E-state index contributed by atoms with van der Waals surface area (Å²) in [4.78, 5) is 16.1. The third-order valence-electron chi connectivity index (χ3n) is 2.62. The summed E-state index contributed by atoms with van der Waals surface area (Å²) in [5.74, 6) is 1.06. The van der Waals surface area contributed by atoms with E-state index < -0.39 is 0 Å². The Kier molecular flexibility index (Phi) is 5.15. The molecule has 2 aromatic rings. The summed E-state index contributed by atoms with van der Waals surface area (Å²) in [6.45, 7) is 0. The number of aryl methyl sites for hydroxylation is 1. The quantitative estimate of drug-likeness (QED) is 0.460. The van der Waals surface area contributed by atoms with Crippen LogP contribution in [0.4, 0.5) is 0 Å². The number of halogens is 1. The Morgan fingerprint density at radius 1 is 1.37 bits per heavy atom. The van der Waals surface area contributed by atoms with Crippen molar-refractivity contribution in [3.05, 3.63) is 40.6 Å². The maximum atomic E-state index is 11.9. The maximum absolute atomic E-state index is 11.9.